The Morgan fingerprint density at radius 2 is 1.74 bits per heavy atom. The van der Waals surface area contributed by atoms with Crippen LogP contribution in [0.3, 0.4) is 0 Å². The largest absolute Gasteiger partial charge is 0.467 e. The highest BCUT2D eigenvalue weighted by Gasteiger charge is 2.23. The summed E-state index contributed by atoms with van der Waals surface area (Å²) < 4.78 is 31.8. The van der Waals surface area contributed by atoms with Gasteiger partial charge in [0.2, 0.25) is 15.9 Å². The highest BCUT2D eigenvalue weighted by atomic mass is 32.2. The number of amides is 1. The highest BCUT2D eigenvalue weighted by molar-refractivity contribution is 7.89. The van der Waals surface area contributed by atoms with Crippen LogP contribution in [0.15, 0.2) is 47.4 Å². The van der Waals surface area contributed by atoms with Gasteiger partial charge in [-0.3, -0.25) is 4.79 Å². The summed E-state index contributed by atoms with van der Waals surface area (Å²) in [5.74, 6) is -1.01. The Bertz CT molecular complexity index is 925. The molecule has 7 nitrogen and oxygen atoms in total. The number of hydrogen-bond acceptors (Lipinski definition) is 5. The monoisotopic (exact) mass is 392 g/mol. The predicted molar refractivity (Wildman–Crippen MR) is 103 cm³/mol. The molecule has 2 aromatic carbocycles. The molecule has 0 radical (unpaired) electrons. The Hall–Kier alpha value is -2.45. The van der Waals surface area contributed by atoms with E-state index in [2.05, 4.69) is 14.8 Å². The van der Waals surface area contributed by atoms with Gasteiger partial charge in [0.05, 0.1) is 18.6 Å². The summed E-state index contributed by atoms with van der Waals surface area (Å²) in [6.45, 7) is 3.34. The summed E-state index contributed by atoms with van der Waals surface area (Å²) in [5, 5.41) is 4.22. The number of esters is 1. The van der Waals surface area contributed by atoms with E-state index in [-0.39, 0.29) is 10.8 Å². The lowest BCUT2D eigenvalue weighted by atomic mass is 10.0. The number of ether oxygens (including phenoxy) is 1. The van der Waals surface area contributed by atoms with Crippen molar-refractivity contribution in [1.82, 2.24) is 10.0 Å². The number of nitrogens with one attached hydrogen (secondary N) is 2. The van der Waals surface area contributed by atoms with Crippen LogP contribution < -0.4 is 10.0 Å². The van der Waals surface area contributed by atoms with E-state index >= 15 is 0 Å². The first-order valence-corrected chi connectivity index (χ1v) is 10.1. The second-order valence-corrected chi connectivity index (χ2v) is 8.37. The molecular weight excluding hydrogens is 368 g/mol. The number of methoxy groups -OCH3 is 1. The molecule has 2 N–H and O–H groups in total. The molecule has 1 atom stereocenters. The van der Waals surface area contributed by atoms with E-state index in [1.165, 1.54) is 13.2 Å². The first-order valence-electron chi connectivity index (χ1n) is 8.58. The topological polar surface area (TPSA) is 102 Å². The average molecular weight is 392 g/mol. The zero-order valence-electron chi connectivity index (χ0n) is 15.6. The van der Waals surface area contributed by atoms with Crippen molar-refractivity contribution in [3.05, 3.63) is 42.5 Å². The maximum Gasteiger partial charge on any atom is 0.328 e. The van der Waals surface area contributed by atoms with E-state index in [9.17, 15) is 18.0 Å². The lowest BCUT2D eigenvalue weighted by Gasteiger charge is -2.18. The van der Waals surface area contributed by atoms with Crippen LogP contribution in [0, 0.1) is 5.92 Å². The normalized spacial score (nSPS) is 12.7. The molecule has 1 amide bonds. The first-order chi connectivity index (χ1) is 12.7. The fourth-order valence-corrected chi connectivity index (χ4v) is 3.67. The average Bonchev–Trinajstić information content (AvgIpc) is 2.64. The van der Waals surface area contributed by atoms with Crippen LogP contribution in [-0.2, 0) is 24.3 Å². The minimum atomic E-state index is -3.86. The van der Waals surface area contributed by atoms with E-state index in [0.29, 0.717) is 6.42 Å². The fraction of sp³-hybridized carbons (Fsp3) is 0.368. The Morgan fingerprint density at radius 1 is 1.07 bits per heavy atom. The summed E-state index contributed by atoms with van der Waals surface area (Å²) in [7, 11) is -2.62. The van der Waals surface area contributed by atoms with Crippen LogP contribution in [0.1, 0.15) is 20.3 Å². The van der Waals surface area contributed by atoms with Crippen LogP contribution in [-0.4, -0.2) is 40.0 Å². The summed E-state index contributed by atoms with van der Waals surface area (Å²) in [6, 6.07) is 11.3. The molecule has 0 fully saturated rings. The molecule has 8 heteroatoms. The zero-order valence-corrected chi connectivity index (χ0v) is 16.4. The molecular formula is C19H24N2O5S. The van der Waals surface area contributed by atoms with Gasteiger partial charge in [0.25, 0.3) is 0 Å². The van der Waals surface area contributed by atoms with Gasteiger partial charge in [0.1, 0.15) is 6.04 Å². The van der Waals surface area contributed by atoms with Crippen molar-refractivity contribution in [2.75, 3.05) is 13.7 Å². The Balaban J connectivity index is 2.04. The molecule has 0 saturated carbocycles. The van der Waals surface area contributed by atoms with E-state index in [1.807, 2.05) is 38.1 Å². The van der Waals surface area contributed by atoms with Gasteiger partial charge in [-0.15, -0.1) is 0 Å². The van der Waals surface area contributed by atoms with E-state index < -0.39 is 34.5 Å². The van der Waals surface area contributed by atoms with E-state index in [0.717, 1.165) is 10.8 Å². The quantitative estimate of drug-likeness (QED) is 0.668. The lowest BCUT2D eigenvalue weighted by Crippen LogP contribution is -2.46. The molecule has 0 saturated heterocycles. The Kier molecular flexibility index (Phi) is 6.92. The molecule has 0 aliphatic heterocycles. The molecule has 0 aliphatic carbocycles. The van der Waals surface area contributed by atoms with Crippen molar-refractivity contribution in [1.29, 1.82) is 0 Å². The zero-order chi connectivity index (χ0) is 20.0. The smallest absolute Gasteiger partial charge is 0.328 e. The number of carbonyl (C=O) groups is 2. The standard InChI is InChI=1S/C19H24N2O5S/c1-13(2)10-17(19(23)26-3)21-18(22)12-20-27(24,25)16-9-8-14-6-4-5-7-15(14)11-16/h4-9,11,13,17,20H,10,12H2,1-3H3,(H,21,22). The van der Waals surface area contributed by atoms with Gasteiger partial charge in [-0.05, 0) is 35.2 Å². The first kappa shape index (κ1) is 20.9. The third-order valence-corrected chi connectivity index (χ3v) is 5.38. The summed E-state index contributed by atoms with van der Waals surface area (Å²) in [6.07, 6.45) is 0.399. The van der Waals surface area contributed by atoms with Gasteiger partial charge >= 0.3 is 5.97 Å². The van der Waals surface area contributed by atoms with Crippen molar-refractivity contribution < 1.29 is 22.7 Å². The molecule has 146 valence electrons. The number of benzene rings is 2. The summed E-state index contributed by atoms with van der Waals surface area (Å²) >= 11 is 0. The van der Waals surface area contributed by atoms with Crippen LogP contribution in [0.5, 0.6) is 0 Å². The SMILES string of the molecule is COC(=O)C(CC(C)C)NC(=O)CNS(=O)(=O)c1ccc2ccccc2c1. The molecule has 27 heavy (non-hydrogen) atoms. The molecule has 2 rings (SSSR count). The maximum absolute atomic E-state index is 12.5. The molecule has 0 heterocycles. The third-order valence-electron chi connectivity index (χ3n) is 3.98. The van der Waals surface area contributed by atoms with Crippen LogP contribution in [0.4, 0.5) is 0 Å². The Labute approximate surface area is 159 Å². The molecule has 0 aliphatic rings. The minimum Gasteiger partial charge on any atom is -0.467 e. The highest BCUT2D eigenvalue weighted by Crippen LogP contribution is 2.18. The van der Waals surface area contributed by atoms with Crippen LogP contribution >= 0.6 is 0 Å². The van der Waals surface area contributed by atoms with Crippen LogP contribution in [0.25, 0.3) is 10.8 Å². The molecule has 0 aromatic heterocycles. The second-order valence-electron chi connectivity index (χ2n) is 6.61. The lowest BCUT2D eigenvalue weighted by molar-refractivity contribution is -0.145. The summed E-state index contributed by atoms with van der Waals surface area (Å²) in [5.41, 5.74) is 0. The number of rotatable bonds is 8. The van der Waals surface area contributed by atoms with Gasteiger partial charge in [-0.2, -0.15) is 0 Å². The van der Waals surface area contributed by atoms with Crippen molar-refractivity contribution in [2.24, 2.45) is 5.92 Å². The Morgan fingerprint density at radius 3 is 2.37 bits per heavy atom. The van der Waals surface area contributed by atoms with Gasteiger partial charge in [-0.25, -0.2) is 17.9 Å². The molecule has 0 bridgehead atoms. The molecule has 2 aromatic rings. The number of carbonyl (C=O) groups excluding carboxylic acids is 2. The van der Waals surface area contributed by atoms with Crippen LogP contribution in [0.2, 0.25) is 0 Å². The van der Waals surface area contributed by atoms with Gasteiger partial charge in [-0.1, -0.05) is 44.2 Å². The van der Waals surface area contributed by atoms with E-state index in [1.54, 1.807) is 12.1 Å². The second kappa shape index (κ2) is 8.96. The van der Waals surface area contributed by atoms with E-state index in [4.69, 9.17) is 0 Å². The van der Waals surface area contributed by atoms with Crippen molar-refractivity contribution >= 4 is 32.7 Å². The molecule has 0 spiro atoms. The van der Waals surface area contributed by atoms with Gasteiger partial charge < -0.3 is 10.1 Å². The minimum absolute atomic E-state index is 0.0701. The van der Waals surface area contributed by atoms with Gasteiger partial charge in [0.15, 0.2) is 0 Å². The van der Waals surface area contributed by atoms with Crippen molar-refractivity contribution in [2.45, 2.75) is 31.2 Å². The predicted octanol–water partition coefficient (Wildman–Crippen LogP) is 1.82. The maximum atomic E-state index is 12.5. The number of fused-ring (bicyclic) bond motifs is 1. The third kappa shape index (κ3) is 5.77. The number of sulfonamides is 1. The van der Waals surface area contributed by atoms with Crippen molar-refractivity contribution in [3.63, 3.8) is 0 Å². The molecule has 1 unspecified atom stereocenters. The number of hydrogen-bond donors (Lipinski definition) is 2. The fourth-order valence-electron chi connectivity index (χ4n) is 2.65. The summed E-state index contributed by atoms with van der Waals surface area (Å²) in [4.78, 5) is 23.9. The van der Waals surface area contributed by atoms with Crippen molar-refractivity contribution in [3.8, 4) is 0 Å². The van der Waals surface area contributed by atoms with Gasteiger partial charge in [0, 0.05) is 0 Å².